The largest absolute Gasteiger partial charge is 0.331 e. The van der Waals surface area contributed by atoms with Gasteiger partial charge in [-0.1, -0.05) is 0 Å². The molecule has 1 aromatic rings. The first-order valence-electron chi connectivity index (χ1n) is 6.06. The minimum Gasteiger partial charge on any atom is -0.331 e. The molecule has 0 aromatic carbocycles. The van der Waals surface area contributed by atoms with Crippen LogP contribution in [0.2, 0.25) is 0 Å². The number of carbonyl (C=O) groups excluding carboxylic acids is 1. The molecule has 2 rings (SSSR count). The van der Waals surface area contributed by atoms with E-state index < -0.39 is 0 Å². The Kier molecular flexibility index (Phi) is 3.79. The summed E-state index contributed by atoms with van der Waals surface area (Å²) in [5.74, 6) is 0.214. The molecule has 94 valence electrons. The van der Waals surface area contributed by atoms with Crippen LogP contribution in [0.15, 0.2) is 11.7 Å². The maximum absolute atomic E-state index is 12.2. The van der Waals surface area contributed by atoms with Crippen molar-refractivity contribution >= 4 is 17.2 Å². The van der Waals surface area contributed by atoms with Crippen LogP contribution in [0.1, 0.15) is 44.0 Å². The molecule has 4 nitrogen and oxygen atoms in total. The van der Waals surface area contributed by atoms with Gasteiger partial charge in [-0.25, -0.2) is 0 Å². The number of nitrogens with two attached hydrogens (primary N) is 1. The lowest BCUT2D eigenvalue weighted by Gasteiger charge is -2.35. The molecule has 1 aliphatic rings. The summed E-state index contributed by atoms with van der Waals surface area (Å²) in [6.07, 6.45) is 4.24. The van der Waals surface area contributed by atoms with Crippen molar-refractivity contribution in [1.82, 2.24) is 9.88 Å². The van der Waals surface area contributed by atoms with Crippen LogP contribution in [-0.2, 0) is 4.79 Å². The lowest BCUT2D eigenvalue weighted by atomic mass is 10.0. The molecule has 2 heterocycles. The molecule has 17 heavy (non-hydrogen) atoms. The van der Waals surface area contributed by atoms with E-state index in [0.29, 0.717) is 6.42 Å². The van der Waals surface area contributed by atoms with Crippen LogP contribution in [0.4, 0.5) is 0 Å². The summed E-state index contributed by atoms with van der Waals surface area (Å²) in [7, 11) is 0. The van der Waals surface area contributed by atoms with E-state index in [2.05, 4.69) is 4.98 Å². The second-order valence-electron chi connectivity index (χ2n) is 4.80. The zero-order valence-electron chi connectivity index (χ0n) is 10.3. The molecule has 0 bridgehead atoms. The van der Waals surface area contributed by atoms with Gasteiger partial charge in [0, 0.05) is 29.6 Å². The lowest BCUT2D eigenvalue weighted by Crippen LogP contribution is -2.45. The third kappa shape index (κ3) is 2.50. The van der Waals surface area contributed by atoms with E-state index >= 15 is 0 Å². The molecule has 1 aliphatic heterocycles. The van der Waals surface area contributed by atoms with Gasteiger partial charge in [-0.05, 0) is 26.7 Å². The van der Waals surface area contributed by atoms with Gasteiger partial charge < -0.3 is 10.6 Å². The second kappa shape index (κ2) is 5.14. The summed E-state index contributed by atoms with van der Waals surface area (Å²) in [6.45, 7) is 4.09. The molecule has 0 spiro atoms. The molecule has 2 atom stereocenters. The van der Waals surface area contributed by atoms with Crippen molar-refractivity contribution in [2.24, 2.45) is 5.73 Å². The summed E-state index contributed by atoms with van der Waals surface area (Å²) in [5.41, 5.74) is 8.05. The molecule has 1 saturated heterocycles. The molecule has 1 fully saturated rings. The van der Waals surface area contributed by atoms with Crippen molar-refractivity contribution in [2.75, 3.05) is 0 Å². The highest BCUT2D eigenvalue weighted by molar-refractivity contribution is 7.09. The predicted molar refractivity (Wildman–Crippen MR) is 68.7 cm³/mol. The average Bonchev–Trinajstić information content (AvgIpc) is 2.72. The van der Waals surface area contributed by atoms with Gasteiger partial charge in [-0.3, -0.25) is 9.78 Å². The first kappa shape index (κ1) is 12.5. The second-order valence-corrected chi connectivity index (χ2v) is 5.72. The summed E-state index contributed by atoms with van der Waals surface area (Å²) in [5, 5.41) is 0. The highest BCUT2D eigenvalue weighted by Crippen LogP contribution is 2.33. The Hall–Kier alpha value is -0.940. The van der Waals surface area contributed by atoms with Gasteiger partial charge in [0.25, 0.3) is 0 Å². The monoisotopic (exact) mass is 253 g/mol. The fourth-order valence-corrected chi connectivity index (χ4v) is 3.26. The SMILES string of the molecule is CC(C)N1C(=O)CCCC(N)C1c1cncs1. The van der Waals surface area contributed by atoms with Gasteiger partial charge >= 0.3 is 0 Å². The fraction of sp³-hybridized carbons (Fsp3) is 0.667. The van der Waals surface area contributed by atoms with Gasteiger partial charge in [-0.15, -0.1) is 11.3 Å². The highest BCUT2D eigenvalue weighted by atomic mass is 32.1. The van der Waals surface area contributed by atoms with Crippen molar-refractivity contribution in [3.05, 3.63) is 16.6 Å². The Morgan fingerprint density at radius 1 is 1.59 bits per heavy atom. The number of amides is 1. The first-order chi connectivity index (χ1) is 8.11. The van der Waals surface area contributed by atoms with Crippen molar-refractivity contribution in [3.63, 3.8) is 0 Å². The zero-order valence-corrected chi connectivity index (χ0v) is 11.1. The van der Waals surface area contributed by atoms with E-state index in [9.17, 15) is 4.79 Å². The highest BCUT2D eigenvalue weighted by Gasteiger charge is 2.35. The fourth-order valence-electron chi connectivity index (χ4n) is 2.47. The standard InChI is InChI=1S/C12H19N3OS/c1-8(2)15-11(16)5-3-4-9(13)12(15)10-6-14-7-17-10/h6-9,12H,3-5,13H2,1-2H3. The van der Waals surface area contributed by atoms with E-state index in [-0.39, 0.29) is 24.0 Å². The lowest BCUT2D eigenvalue weighted by molar-refractivity contribution is -0.135. The van der Waals surface area contributed by atoms with E-state index in [4.69, 9.17) is 5.73 Å². The van der Waals surface area contributed by atoms with Gasteiger partial charge in [0.05, 0.1) is 11.6 Å². The van der Waals surface area contributed by atoms with Crippen LogP contribution in [-0.4, -0.2) is 27.9 Å². The normalized spacial score (nSPS) is 26.4. The minimum absolute atomic E-state index is 0.00231. The molecule has 2 unspecified atom stereocenters. The first-order valence-corrected chi connectivity index (χ1v) is 6.94. The summed E-state index contributed by atoms with van der Waals surface area (Å²) < 4.78 is 0. The van der Waals surface area contributed by atoms with E-state index in [1.165, 1.54) is 0 Å². The molecule has 1 aromatic heterocycles. The van der Waals surface area contributed by atoms with Gasteiger partial charge in [0.15, 0.2) is 0 Å². The molecule has 2 N–H and O–H groups in total. The van der Waals surface area contributed by atoms with Crippen LogP contribution >= 0.6 is 11.3 Å². The maximum atomic E-state index is 12.2. The predicted octanol–water partition coefficient (Wildman–Crippen LogP) is 1.93. The average molecular weight is 253 g/mol. The van der Waals surface area contributed by atoms with Gasteiger partial charge in [0.2, 0.25) is 5.91 Å². The molecule has 0 saturated carbocycles. The van der Waals surface area contributed by atoms with Crippen LogP contribution in [0.25, 0.3) is 0 Å². The molecular formula is C12H19N3OS. The topological polar surface area (TPSA) is 59.2 Å². The molecule has 0 aliphatic carbocycles. The molecular weight excluding hydrogens is 234 g/mol. The zero-order chi connectivity index (χ0) is 12.4. The Bertz CT molecular complexity index is 377. The summed E-state index contributed by atoms with van der Waals surface area (Å²) >= 11 is 1.58. The quantitative estimate of drug-likeness (QED) is 0.876. The smallest absolute Gasteiger partial charge is 0.223 e. The molecule has 1 amide bonds. The Morgan fingerprint density at radius 2 is 2.35 bits per heavy atom. The Morgan fingerprint density at radius 3 is 2.94 bits per heavy atom. The minimum atomic E-state index is -0.00231. The number of likely N-dealkylation sites (tertiary alicyclic amines) is 1. The number of thiazole rings is 1. The van der Waals surface area contributed by atoms with E-state index in [0.717, 1.165) is 17.7 Å². The van der Waals surface area contributed by atoms with E-state index in [1.54, 1.807) is 16.8 Å². The van der Waals surface area contributed by atoms with Gasteiger partial charge in [-0.2, -0.15) is 0 Å². The Labute approximate surface area is 106 Å². The van der Waals surface area contributed by atoms with E-state index in [1.807, 2.05) is 24.9 Å². The van der Waals surface area contributed by atoms with Crippen LogP contribution in [0, 0.1) is 0 Å². The number of hydrogen-bond acceptors (Lipinski definition) is 4. The summed E-state index contributed by atoms with van der Waals surface area (Å²) in [6, 6.07) is 0.195. The molecule has 5 heteroatoms. The van der Waals surface area contributed by atoms with Crippen molar-refractivity contribution in [1.29, 1.82) is 0 Å². The number of hydrogen-bond donors (Lipinski definition) is 1. The van der Waals surface area contributed by atoms with Crippen LogP contribution in [0.5, 0.6) is 0 Å². The van der Waals surface area contributed by atoms with Crippen molar-refractivity contribution in [2.45, 2.75) is 51.2 Å². The van der Waals surface area contributed by atoms with Crippen LogP contribution in [0.3, 0.4) is 0 Å². The molecule has 0 radical (unpaired) electrons. The Balaban J connectivity index is 2.36. The number of aromatic nitrogens is 1. The number of nitrogens with zero attached hydrogens (tertiary/aromatic N) is 2. The van der Waals surface area contributed by atoms with Crippen molar-refractivity contribution < 1.29 is 4.79 Å². The number of rotatable bonds is 2. The van der Waals surface area contributed by atoms with Crippen LogP contribution < -0.4 is 5.73 Å². The third-order valence-corrected chi connectivity index (χ3v) is 4.07. The number of carbonyl (C=O) groups is 1. The maximum Gasteiger partial charge on any atom is 0.223 e. The van der Waals surface area contributed by atoms with Crippen molar-refractivity contribution in [3.8, 4) is 0 Å². The summed E-state index contributed by atoms with van der Waals surface area (Å²) in [4.78, 5) is 19.3. The van der Waals surface area contributed by atoms with Gasteiger partial charge in [0.1, 0.15) is 0 Å². The third-order valence-electron chi connectivity index (χ3n) is 3.22.